The van der Waals surface area contributed by atoms with Crippen molar-refractivity contribution >= 4 is 0 Å². The number of piperazine rings is 1. The molecule has 6 nitrogen and oxygen atoms in total. The molecule has 0 saturated carbocycles. The predicted molar refractivity (Wildman–Crippen MR) is 145 cm³/mol. The van der Waals surface area contributed by atoms with Crippen LogP contribution >= 0.6 is 0 Å². The number of hydrogen-bond donors (Lipinski definition) is 0. The van der Waals surface area contributed by atoms with Crippen molar-refractivity contribution in [1.82, 2.24) is 19.6 Å². The molecule has 0 radical (unpaired) electrons. The second kappa shape index (κ2) is 11.7. The van der Waals surface area contributed by atoms with Crippen LogP contribution in [0.4, 0.5) is 4.39 Å². The fourth-order valence-corrected chi connectivity index (χ4v) is 4.84. The fourth-order valence-electron chi connectivity index (χ4n) is 4.84. The molecule has 1 aliphatic heterocycles. The molecule has 2 heterocycles. The molecule has 4 aromatic rings. The summed E-state index contributed by atoms with van der Waals surface area (Å²) in [5, 5.41) is 4.83. The molecule has 1 fully saturated rings. The van der Waals surface area contributed by atoms with Crippen LogP contribution in [0.25, 0.3) is 28.1 Å². The van der Waals surface area contributed by atoms with E-state index in [-0.39, 0.29) is 5.82 Å². The summed E-state index contributed by atoms with van der Waals surface area (Å²) < 4.78 is 26.1. The number of nitrogens with zero attached hydrogens (tertiary/aromatic N) is 4. The molecule has 0 N–H and O–H groups in total. The number of halogens is 1. The van der Waals surface area contributed by atoms with E-state index in [1.54, 1.807) is 26.4 Å². The average molecular weight is 501 g/mol. The Morgan fingerprint density at radius 2 is 1.49 bits per heavy atom. The van der Waals surface area contributed by atoms with Gasteiger partial charge in [0.25, 0.3) is 0 Å². The zero-order valence-electron chi connectivity index (χ0n) is 21.4. The topological polar surface area (TPSA) is 42.8 Å². The molecule has 192 valence electrons. The molecule has 1 aliphatic rings. The Labute approximate surface area is 217 Å². The molecule has 0 bridgehead atoms. The van der Waals surface area contributed by atoms with Gasteiger partial charge in [0.05, 0.1) is 31.3 Å². The summed E-state index contributed by atoms with van der Waals surface area (Å²) in [6.45, 7) is 6.68. The largest absolute Gasteiger partial charge is 0.497 e. The van der Waals surface area contributed by atoms with Crippen LogP contribution in [0.2, 0.25) is 0 Å². The molecule has 0 unspecified atom stereocenters. The lowest BCUT2D eigenvalue weighted by atomic mass is 10.0. The van der Waals surface area contributed by atoms with E-state index in [9.17, 15) is 4.39 Å². The van der Waals surface area contributed by atoms with Crippen molar-refractivity contribution < 1.29 is 13.9 Å². The van der Waals surface area contributed by atoms with Gasteiger partial charge >= 0.3 is 0 Å². The van der Waals surface area contributed by atoms with E-state index in [0.717, 1.165) is 79.7 Å². The van der Waals surface area contributed by atoms with Gasteiger partial charge in [-0.05, 0) is 47.5 Å². The summed E-state index contributed by atoms with van der Waals surface area (Å²) in [5.74, 6) is 0.582. The Morgan fingerprint density at radius 1 is 0.811 bits per heavy atom. The summed E-state index contributed by atoms with van der Waals surface area (Å²) >= 11 is 0. The van der Waals surface area contributed by atoms with Crippen LogP contribution in [0.15, 0.2) is 79.0 Å². The molecule has 1 saturated heterocycles. The predicted octanol–water partition coefficient (Wildman–Crippen LogP) is 5.12. The van der Waals surface area contributed by atoms with Crippen LogP contribution in [-0.4, -0.2) is 73.1 Å². The van der Waals surface area contributed by atoms with Crippen LogP contribution in [0.3, 0.4) is 0 Å². The molecule has 0 amide bonds. The minimum atomic E-state index is -0.233. The summed E-state index contributed by atoms with van der Waals surface area (Å²) in [6.07, 6.45) is 1.99. The zero-order valence-corrected chi connectivity index (χ0v) is 21.4. The minimum Gasteiger partial charge on any atom is -0.497 e. The highest BCUT2D eigenvalue weighted by Gasteiger charge is 2.21. The smallest absolute Gasteiger partial charge is 0.123 e. The van der Waals surface area contributed by atoms with E-state index >= 15 is 0 Å². The van der Waals surface area contributed by atoms with E-state index in [2.05, 4.69) is 46.2 Å². The number of aromatic nitrogens is 2. The molecular formula is C30H33FN4O2. The lowest BCUT2D eigenvalue weighted by Crippen LogP contribution is -2.46. The highest BCUT2D eigenvalue weighted by atomic mass is 19.1. The van der Waals surface area contributed by atoms with Crippen LogP contribution in [0.5, 0.6) is 5.75 Å². The van der Waals surface area contributed by atoms with Gasteiger partial charge in [0.2, 0.25) is 0 Å². The van der Waals surface area contributed by atoms with Crippen molar-refractivity contribution in [2.45, 2.75) is 6.54 Å². The average Bonchev–Trinajstić information content (AvgIpc) is 3.36. The summed E-state index contributed by atoms with van der Waals surface area (Å²) in [6, 6.07) is 22.9. The third-order valence-electron chi connectivity index (χ3n) is 6.95. The number of hydrogen-bond acceptors (Lipinski definition) is 5. The summed E-state index contributed by atoms with van der Waals surface area (Å²) in [7, 11) is 3.44. The van der Waals surface area contributed by atoms with Gasteiger partial charge in [-0.15, -0.1) is 0 Å². The van der Waals surface area contributed by atoms with Gasteiger partial charge in [-0.25, -0.2) is 9.07 Å². The van der Waals surface area contributed by atoms with E-state index < -0.39 is 0 Å². The SMILES string of the molecule is COCCN1CCN(Cc2cnn(-c3ccc(-c4ccc(F)cc4)cc3)c2-c2cccc(OC)c2)CC1. The van der Waals surface area contributed by atoms with Gasteiger partial charge < -0.3 is 9.47 Å². The standard InChI is InChI=1S/C30H33FN4O2/c1-36-19-18-33-14-16-34(17-15-33)22-26-21-32-35(30(26)25-4-3-5-29(20-25)37-2)28-12-8-24(9-13-28)23-6-10-27(31)11-7-23/h3-13,20-21H,14-19,22H2,1-2H3. The van der Waals surface area contributed by atoms with Crippen LogP contribution in [0.1, 0.15) is 5.56 Å². The van der Waals surface area contributed by atoms with Gasteiger partial charge in [0, 0.05) is 57.5 Å². The van der Waals surface area contributed by atoms with E-state index in [1.165, 1.54) is 17.7 Å². The van der Waals surface area contributed by atoms with Gasteiger partial charge in [0.1, 0.15) is 11.6 Å². The van der Waals surface area contributed by atoms with Crippen molar-refractivity contribution in [3.8, 4) is 33.8 Å². The maximum absolute atomic E-state index is 13.4. The third-order valence-corrected chi connectivity index (χ3v) is 6.95. The molecule has 7 heteroatoms. The van der Waals surface area contributed by atoms with Crippen molar-refractivity contribution in [3.63, 3.8) is 0 Å². The molecule has 0 spiro atoms. The minimum absolute atomic E-state index is 0.233. The molecule has 1 aromatic heterocycles. The maximum Gasteiger partial charge on any atom is 0.123 e. The van der Waals surface area contributed by atoms with Crippen molar-refractivity contribution in [2.75, 3.05) is 53.6 Å². The van der Waals surface area contributed by atoms with Crippen LogP contribution < -0.4 is 4.74 Å². The lowest BCUT2D eigenvalue weighted by Gasteiger charge is -2.34. The number of methoxy groups -OCH3 is 2. The zero-order chi connectivity index (χ0) is 25.6. The second-order valence-electron chi connectivity index (χ2n) is 9.33. The Balaban J connectivity index is 1.43. The van der Waals surface area contributed by atoms with E-state index in [4.69, 9.17) is 14.6 Å². The molecule has 0 aliphatic carbocycles. The molecule has 5 rings (SSSR count). The molecule has 3 aromatic carbocycles. The maximum atomic E-state index is 13.4. The van der Waals surface area contributed by atoms with Gasteiger partial charge in [-0.2, -0.15) is 5.10 Å². The first-order chi connectivity index (χ1) is 18.1. The van der Waals surface area contributed by atoms with Crippen LogP contribution in [0, 0.1) is 5.82 Å². The third kappa shape index (κ3) is 5.91. The number of rotatable bonds is 9. The van der Waals surface area contributed by atoms with E-state index in [0.29, 0.717) is 0 Å². The van der Waals surface area contributed by atoms with Gasteiger partial charge in [-0.1, -0.05) is 36.4 Å². The van der Waals surface area contributed by atoms with Gasteiger partial charge in [0.15, 0.2) is 0 Å². The van der Waals surface area contributed by atoms with E-state index in [1.807, 2.05) is 23.0 Å². The molecule has 37 heavy (non-hydrogen) atoms. The lowest BCUT2D eigenvalue weighted by molar-refractivity contribution is 0.0939. The fraction of sp³-hybridized carbons (Fsp3) is 0.300. The first-order valence-corrected chi connectivity index (χ1v) is 12.7. The Bertz CT molecular complexity index is 1300. The quantitative estimate of drug-likeness (QED) is 0.319. The number of ether oxygens (including phenoxy) is 2. The van der Waals surface area contributed by atoms with Crippen LogP contribution in [-0.2, 0) is 11.3 Å². The Kier molecular flexibility index (Phi) is 7.94. The first kappa shape index (κ1) is 25.1. The summed E-state index contributed by atoms with van der Waals surface area (Å²) in [4.78, 5) is 4.95. The molecule has 0 atom stereocenters. The first-order valence-electron chi connectivity index (χ1n) is 12.7. The monoisotopic (exact) mass is 500 g/mol. The van der Waals surface area contributed by atoms with Gasteiger partial charge in [-0.3, -0.25) is 9.80 Å². The summed E-state index contributed by atoms with van der Waals surface area (Å²) in [5.41, 5.74) is 6.29. The van der Waals surface area contributed by atoms with Crippen molar-refractivity contribution in [2.24, 2.45) is 0 Å². The normalized spacial score (nSPS) is 14.7. The Morgan fingerprint density at radius 3 is 2.16 bits per heavy atom. The van der Waals surface area contributed by atoms with Crippen molar-refractivity contribution in [1.29, 1.82) is 0 Å². The Hall–Kier alpha value is -3.52. The molecular weight excluding hydrogens is 467 g/mol. The second-order valence-corrected chi connectivity index (χ2v) is 9.33. The highest BCUT2D eigenvalue weighted by molar-refractivity contribution is 5.69. The highest BCUT2D eigenvalue weighted by Crippen LogP contribution is 2.31. The number of benzene rings is 3. The van der Waals surface area contributed by atoms with Crippen molar-refractivity contribution in [3.05, 3.63) is 90.4 Å².